The first-order chi connectivity index (χ1) is 7.27. The summed E-state index contributed by atoms with van der Waals surface area (Å²) in [5, 5.41) is 4.76. The van der Waals surface area contributed by atoms with E-state index in [4.69, 9.17) is 5.73 Å². The van der Waals surface area contributed by atoms with Crippen molar-refractivity contribution in [2.45, 2.75) is 25.7 Å². The minimum atomic E-state index is -0.0261. The molecule has 15 heavy (non-hydrogen) atoms. The van der Waals surface area contributed by atoms with E-state index in [0.717, 1.165) is 18.9 Å². The van der Waals surface area contributed by atoms with Gasteiger partial charge in [-0.3, -0.25) is 4.79 Å². The fourth-order valence-corrected chi connectivity index (χ4v) is 2.49. The second kappa shape index (κ2) is 4.66. The van der Waals surface area contributed by atoms with Gasteiger partial charge in [0, 0.05) is 6.54 Å². The number of thiophene rings is 1. The molecule has 0 radical (unpaired) electrons. The predicted molar refractivity (Wildman–Crippen MR) is 63.0 cm³/mol. The number of anilines is 1. The highest BCUT2D eigenvalue weighted by Gasteiger charge is 2.17. The molecule has 3 nitrogen and oxygen atoms in total. The van der Waals surface area contributed by atoms with Crippen LogP contribution in [0.25, 0.3) is 0 Å². The van der Waals surface area contributed by atoms with E-state index in [1.54, 1.807) is 6.07 Å². The molecule has 1 fully saturated rings. The second-order valence-corrected chi connectivity index (χ2v) is 4.96. The predicted octanol–water partition coefficient (Wildman–Crippen LogP) is 2.25. The third-order valence-corrected chi connectivity index (χ3v) is 3.89. The second-order valence-electron chi connectivity index (χ2n) is 4.05. The molecular formula is C11H16N2OS. The molecule has 0 saturated heterocycles. The maximum absolute atomic E-state index is 11.6. The molecule has 1 aliphatic carbocycles. The molecule has 1 saturated carbocycles. The number of carbonyl (C=O) groups is 1. The van der Waals surface area contributed by atoms with E-state index >= 15 is 0 Å². The van der Waals surface area contributed by atoms with Crippen LogP contribution in [-0.4, -0.2) is 12.5 Å². The average Bonchev–Trinajstić information content (AvgIpc) is 2.55. The Morgan fingerprint density at radius 3 is 2.93 bits per heavy atom. The summed E-state index contributed by atoms with van der Waals surface area (Å²) in [5.41, 5.74) is 6.24. The number of hydrogen-bond acceptors (Lipinski definition) is 3. The first kappa shape index (κ1) is 10.5. The Balaban J connectivity index is 1.74. The molecule has 0 aliphatic heterocycles. The lowest BCUT2D eigenvalue weighted by Crippen LogP contribution is -2.27. The summed E-state index contributed by atoms with van der Waals surface area (Å²) >= 11 is 1.40. The molecular weight excluding hydrogens is 208 g/mol. The molecule has 3 N–H and O–H groups in total. The first-order valence-electron chi connectivity index (χ1n) is 5.38. The lowest BCUT2D eigenvalue weighted by Gasteiger charge is -2.25. The van der Waals surface area contributed by atoms with Crippen LogP contribution in [0.3, 0.4) is 0 Å². The van der Waals surface area contributed by atoms with Crippen LogP contribution in [0.15, 0.2) is 11.4 Å². The van der Waals surface area contributed by atoms with Crippen LogP contribution in [-0.2, 0) is 0 Å². The van der Waals surface area contributed by atoms with E-state index in [-0.39, 0.29) is 5.91 Å². The summed E-state index contributed by atoms with van der Waals surface area (Å²) in [5.74, 6) is 0.813. The van der Waals surface area contributed by atoms with Crippen LogP contribution >= 0.6 is 11.3 Å². The molecule has 1 heterocycles. The van der Waals surface area contributed by atoms with Crippen molar-refractivity contribution < 1.29 is 4.79 Å². The number of rotatable bonds is 4. The van der Waals surface area contributed by atoms with E-state index in [2.05, 4.69) is 5.32 Å². The Kier molecular flexibility index (Phi) is 3.26. The quantitative estimate of drug-likeness (QED) is 0.824. The molecule has 1 aromatic heterocycles. The number of nitrogen functional groups attached to an aromatic ring is 1. The molecule has 0 bridgehead atoms. The van der Waals surface area contributed by atoms with Gasteiger partial charge in [-0.2, -0.15) is 0 Å². The van der Waals surface area contributed by atoms with E-state index in [0.29, 0.717) is 10.6 Å². The van der Waals surface area contributed by atoms with Crippen molar-refractivity contribution in [2.75, 3.05) is 12.3 Å². The summed E-state index contributed by atoms with van der Waals surface area (Å²) in [6, 6.07) is 1.77. The largest absolute Gasteiger partial charge is 0.397 e. The summed E-state index contributed by atoms with van der Waals surface area (Å²) in [7, 11) is 0. The van der Waals surface area contributed by atoms with Gasteiger partial charge in [0.15, 0.2) is 0 Å². The van der Waals surface area contributed by atoms with Crippen molar-refractivity contribution >= 4 is 22.9 Å². The third kappa shape index (κ3) is 2.50. The molecule has 0 spiro atoms. The zero-order valence-corrected chi connectivity index (χ0v) is 9.48. The molecule has 4 heteroatoms. The molecule has 0 aromatic carbocycles. The van der Waals surface area contributed by atoms with E-state index in [1.165, 1.54) is 30.6 Å². The summed E-state index contributed by atoms with van der Waals surface area (Å²) in [6.45, 7) is 0.779. The van der Waals surface area contributed by atoms with Crippen molar-refractivity contribution in [3.8, 4) is 0 Å². The molecule has 0 unspecified atom stereocenters. The van der Waals surface area contributed by atoms with Crippen LogP contribution in [0.5, 0.6) is 0 Å². The van der Waals surface area contributed by atoms with Gasteiger partial charge in [0.2, 0.25) is 0 Å². The Morgan fingerprint density at radius 1 is 1.60 bits per heavy atom. The van der Waals surface area contributed by atoms with Crippen LogP contribution in [0.2, 0.25) is 0 Å². The molecule has 0 atom stereocenters. The normalized spacial score (nSPS) is 16.0. The van der Waals surface area contributed by atoms with Crippen molar-refractivity contribution in [3.63, 3.8) is 0 Å². The summed E-state index contributed by atoms with van der Waals surface area (Å²) in [4.78, 5) is 12.3. The van der Waals surface area contributed by atoms with Gasteiger partial charge in [-0.05, 0) is 23.8 Å². The Labute approximate surface area is 93.7 Å². The van der Waals surface area contributed by atoms with Gasteiger partial charge >= 0.3 is 0 Å². The number of carbonyl (C=O) groups excluding carboxylic acids is 1. The monoisotopic (exact) mass is 224 g/mol. The van der Waals surface area contributed by atoms with Gasteiger partial charge in [0.1, 0.15) is 4.88 Å². The standard InChI is InChI=1S/C11H16N2OS/c12-9-5-7-15-10(9)11(14)13-6-4-8-2-1-3-8/h5,7-8H,1-4,6,12H2,(H,13,14). The number of amides is 1. The average molecular weight is 224 g/mol. The first-order valence-corrected chi connectivity index (χ1v) is 6.26. The van der Waals surface area contributed by atoms with Gasteiger partial charge in [-0.1, -0.05) is 19.3 Å². The Morgan fingerprint density at radius 2 is 2.40 bits per heavy atom. The zero-order chi connectivity index (χ0) is 10.7. The maximum atomic E-state index is 11.6. The van der Waals surface area contributed by atoms with E-state index in [9.17, 15) is 4.79 Å². The van der Waals surface area contributed by atoms with Crippen LogP contribution in [0.1, 0.15) is 35.4 Å². The van der Waals surface area contributed by atoms with Crippen LogP contribution in [0.4, 0.5) is 5.69 Å². The van der Waals surface area contributed by atoms with Crippen molar-refractivity contribution in [3.05, 3.63) is 16.3 Å². The van der Waals surface area contributed by atoms with Crippen molar-refractivity contribution in [1.82, 2.24) is 5.32 Å². The highest BCUT2D eigenvalue weighted by molar-refractivity contribution is 7.12. The number of hydrogen-bond donors (Lipinski definition) is 2. The van der Waals surface area contributed by atoms with Gasteiger partial charge in [0.05, 0.1) is 5.69 Å². The number of nitrogens with one attached hydrogen (secondary N) is 1. The Bertz CT molecular complexity index is 344. The van der Waals surface area contributed by atoms with E-state index < -0.39 is 0 Å². The molecule has 82 valence electrons. The fourth-order valence-electron chi connectivity index (χ4n) is 1.76. The minimum Gasteiger partial charge on any atom is -0.397 e. The minimum absolute atomic E-state index is 0.0261. The van der Waals surface area contributed by atoms with Gasteiger partial charge in [-0.25, -0.2) is 0 Å². The van der Waals surface area contributed by atoms with Gasteiger partial charge in [-0.15, -0.1) is 11.3 Å². The van der Waals surface area contributed by atoms with Crippen molar-refractivity contribution in [1.29, 1.82) is 0 Å². The van der Waals surface area contributed by atoms with Gasteiger partial charge < -0.3 is 11.1 Å². The third-order valence-electron chi connectivity index (χ3n) is 2.96. The lowest BCUT2D eigenvalue weighted by molar-refractivity contribution is 0.0954. The lowest BCUT2D eigenvalue weighted by atomic mass is 9.83. The van der Waals surface area contributed by atoms with Gasteiger partial charge in [0.25, 0.3) is 5.91 Å². The maximum Gasteiger partial charge on any atom is 0.263 e. The highest BCUT2D eigenvalue weighted by atomic mass is 32.1. The van der Waals surface area contributed by atoms with E-state index in [1.807, 2.05) is 5.38 Å². The topological polar surface area (TPSA) is 55.1 Å². The summed E-state index contributed by atoms with van der Waals surface area (Å²) in [6.07, 6.45) is 5.13. The molecule has 1 aromatic rings. The number of nitrogens with two attached hydrogens (primary N) is 1. The smallest absolute Gasteiger partial charge is 0.263 e. The Hall–Kier alpha value is -1.03. The van der Waals surface area contributed by atoms with Crippen molar-refractivity contribution in [2.24, 2.45) is 5.92 Å². The molecule has 2 rings (SSSR count). The summed E-state index contributed by atoms with van der Waals surface area (Å²) < 4.78 is 0. The SMILES string of the molecule is Nc1ccsc1C(=O)NCCC1CCC1. The highest BCUT2D eigenvalue weighted by Crippen LogP contribution is 2.28. The fraction of sp³-hybridized carbons (Fsp3) is 0.545. The molecule has 1 amide bonds. The van der Waals surface area contributed by atoms with Crippen LogP contribution in [0, 0.1) is 5.92 Å². The molecule has 1 aliphatic rings. The van der Waals surface area contributed by atoms with Crippen LogP contribution < -0.4 is 11.1 Å². The zero-order valence-electron chi connectivity index (χ0n) is 8.66.